The van der Waals surface area contributed by atoms with Crippen molar-refractivity contribution in [2.24, 2.45) is 10.8 Å². The smallest absolute Gasteiger partial charge is 0.267 e. The number of likely N-dealkylation sites (N-methyl/N-ethyl adjacent to an activating group) is 1. The van der Waals surface area contributed by atoms with E-state index in [2.05, 4.69) is 10.4 Å². The van der Waals surface area contributed by atoms with Gasteiger partial charge in [-0.05, 0) is 50.0 Å². The summed E-state index contributed by atoms with van der Waals surface area (Å²) in [6, 6.07) is 12.0. The quantitative estimate of drug-likeness (QED) is 0.703. The maximum Gasteiger partial charge on any atom is 0.267 e. The highest BCUT2D eigenvalue weighted by molar-refractivity contribution is 6.40. The number of hydrazone groups is 1. The van der Waals surface area contributed by atoms with Gasteiger partial charge in [-0.2, -0.15) is 5.10 Å². The molecule has 158 valence electrons. The Morgan fingerprint density at radius 2 is 1.93 bits per heavy atom. The molecule has 0 aliphatic carbocycles. The Morgan fingerprint density at radius 1 is 1.27 bits per heavy atom. The number of carbonyl (C=O) groups is 2. The number of hydrogen-bond acceptors (Lipinski definition) is 5. The maximum absolute atomic E-state index is 13.2. The Balaban J connectivity index is 1.75. The van der Waals surface area contributed by atoms with Gasteiger partial charge < -0.3 is 16.0 Å². The summed E-state index contributed by atoms with van der Waals surface area (Å²) in [5, 5.41) is 9.11. The third kappa shape index (κ3) is 4.77. The van der Waals surface area contributed by atoms with Gasteiger partial charge in [-0.25, -0.2) is 4.39 Å². The number of anilines is 1. The first-order chi connectivity index (χ1) is 14.3. The van der Waals surface area contributed by atoms with Gasteiger partial charge in [-0.3, -0.25) is 14.6 Å². The van der Waals surface area contributed by atoms with Gasteiger partial charge in [0, 0.05) is 18.0 Å². The Kier molecular flexibility index (Phi) is 6.69. The monoisotopic (exact) mass is 431 g/mol. The molecule has 0 bridgehead atoms. The number of amides is 2. The molecule has 0 saturated carbocycles. The summed E-state index contributed by atoms with van der Waals surface area (Å²) in [5.74, 6) is -1.43. The van der Waals surface area contributed by atoms with Crippen LogP contribution in [-0.4, -0.2) is 49.1 Å². The fourth-order valence-corrected chi connectivity index (χ4v) is 3.57. The SMILES string of the molecule is CN(C)[C@H](CNC(=O)C1=NN(c2ccc(F)cc2)[C@H](C(N)=O)C1)c1ccccc1Cl. The molecule has 1 aliphatic heterocycles. The fourth-order valence-electron chi connectivity index (χ4n) is 3.31. The van der Waals surface area contributed by atoms with Gasteiger partial charge in [0.1, 0.15) is 17.6 Å². The highest BCUT2D eigenvalue weighted by atomic mass is 35.5. The van der Waals surface area contributed by atoms with Gasteiger partial charge in [-0.1, -0.05) is 29.8 Å². The van der Waals surface area contributed by atoms with Gasteiger partial charge in [0.2, 0.25) is 5.91 Å². The number of benzene rings is 2. The summed E-state index contributed by atoms with van der Waals surface area (Å²) in [4.78, 5) is 26.6. The predicted molar refractivity (Wildman–Crippen MR) is 115 cm³/mol. The van der Waals surface area contributed by atoms with Gasteiger partial charge in [-0.15, -0.1) is 0 Å². The van der Waals surface area contributed by atoms with Crippen LogP contribution in [0.2, 0.25) is 5.02 Å². The number of primary amides is 1. The highest BCUT2D eigenvalue weighted by Gasteiger charge is 2.35. The molecule has 0 fully saturated rings. The van der Waals surface area contributed by atoms with E-state index in [9.17, 15) is 14.0 Å². The van der Waals surface area contributed by atoms with Gasteiger partial charge >= 0.3 is 0 Å². The van der Waals surface area contributed by atoms with E-state index in [1.54, 1.807) is 6.07 Å². The zero-order chi connectivity index (χ0) is 21.8. The van der Waals surface area contributed by atoms with Crippen molar-refractivity contribution < 1.29 is 14.0 Å². The van der Waals surface area contributed by atoms with E-state index < -0.39 is 23.7 Å². The second kappa shape index (κ2) is 9.23. The molecule has 3 rings (SSSR count). The summed E-state index contributed by atoms with van der Waals surface area (Å²) in [7, 11) is 3.79. The van der Waals surface area contributed by atoms with Crippen LogP contribution in [0, 0.1) is 5.82 Å². The van der Waals surface area contributed by atoms with Crippen molar-refractivity contribution in [2.45, 2.75) is 18.5 Å². The van der Waals surface area contributed by atoms with Crippen molar-refractivity contribution in [3.05, 3.63) is 64.9 Å². The van der Waals surface area contributed by atoms with Crippen LogP contribution in [0.4, 0.5) is 10.1 Å². The lowest BCUT2D eigenvalue weighted by molar-refractivity contribution is -0.119. The highest BCUT2D eigenvalue weighted by Crippen LogP contribution is 2.27. The first-order valence-corrected chi connectivity index (χ1v) is 9.76. The van der Waals surface area contributed by atoms with Crippen LogP contribution >= 0.6 is 11.6 Å². The first kappa shape index (κ1) is 21.7. The lowest BCUT2D eigenvalue weighted by atomic mass is 10.1. The van der Waals surface area contributed by atoms with Gasteiger partial charge in [0.25, 0.3) is 5.91 Å². The Labute approximate surface area is 179 Å². The molecule has 0 radical (unpaired) electrons. The molecular formula is C21H23ClFN5O2. The number of nitrogens with two attached hydrogens (primary N) is 1. The third-order valence-electron chi connectivity index (χ3n) is 4.94. The van der Waals surface area contributed by atoms with Crippen LogP contribution in [0.5, 0.6) is 0 Å². The molecule has 3 N–H and O–H groups in total. The molecule has 2 amide bonds. The van der Waals surface area contributed by atoms with E-state index in [0.717, 1.165) is 5.56 Å². The van der Waals surface area contributed by atoms with Crippen molar-refractivity contribution in [3.8, 4) is 0 Å². The second-order valence-corrected chi connectivity index (χ2v) is 7.61. The second-order valence-electron chi connectivity index (χ2n) is 7.20. The topological polar surface area (TPSA) is 91.0 Å². The van der Waals surface area contributed by atoms with Crippen molar-refractivity contribution in [1.82, 2.24) is 10.2 Å². The third-order valence-corrected chi connectivity index (χ3v) is 5.28. The molecule has 0 unspecified atom stereocenters. The molecule has 1 aliphatic rings. The molecule has 1 heterocycles. The Hall–Kier alpha value is -2.97. The number of nitrogens with zero attached hydrogens (tertiary/aromatic N) is 3. The maximum atomic E-state index is 13.2. The summed E-state index contributed by atoms with van der Waals surface area (Å²) in [5.41, 5.74) is 7.04. The average molecular weight is 432 g/mol. The lowest BCUT2D eigenvalue weighted by Gasteiger charge is -2.25. The number of hydrogen-bond donors (Lipinski definition) is 2. The minimum absolute atomic E-state index is 0.0667. The normalized spacial score (nSPS) is 17.0. The van der Waals surface area contributed by atoms with Crippen LogP contribution in [0.1, 0.15) is 18.0 Å². The van der Waals surface area contributed by atoms with Crippen molar-refractivity contribution in [2.75, 3.05) is 25.6 Å². The Bertz CT molecular complexity index is 964. The number of carbonyl (C=O) groups excluding carboxylic acids is 2. The zero-order valence-electron chi connectivity index (χ0n) is 16.7. The van der Waals surface area contributed by atoms with Crippen LogP contribution in [0.15, 0.2) is 53.6 Å². The van der Waals surface area contributed by atoms with E-state index in [1.807, 2.05) is 37.2 Å². The molecule has 30 heavy (non-hydrogen) atoms. The standard InChI is InChI=1S/C21H23ClFN5O2/c1-27(2)19(15-5-3-4-6-16(15)22)12-25-21(30)17-11-18(20(24)29)28(26-17)14-9-7-13(23)8-10-14/h3-10,18-19H,11-12H2,1-2H3,(H2,24,29)(H,25,30)/t18-,19+/m0/s1. The molecule has 2 aromatic rings. The predicted octanol–water partition coefficient (Wildman–Crippen LogP) is 2.32. The molecule has 7 nitrogen and oxygen atoms in total. The average Bonchev–Trinajstić information content (AvgIpc) is 3.15. The zero-order valence-corrected chi connectivity index (χ0v) is 17.4. The molecule has 2 aromatic carbocycles. The van der Waals surface area contributed by atoms with Crippen LogP contribution in [0.25, 0.3) is 0 Å². The van der Waals surface area contributed by atoms with Crippen molar-refractivity contribution in [3.63, 3.8) is 0 Å². The largest absolute Gasteiger partial charge is 0.368 e. The minimum Gasteiger partial charge on any atom is -0.368 e. The minimum atomic E-state index is -0.815. The van der Waals surface area contributed by atoms with Crippen LogP contribution in [-0.2, 0) is 9.59 Å². The molecule has 0 spiro atoms. The summed E-state index contributed by atoms with van der Waals surface area (Å²) in [6.07, 6.45) is 0.0667. The molecule has 9 heteroatoms. The van der Waals surface area contributed by atoms with E-state index in [1.165, 1.54) is 29.3 Å². The molecule has 0 aromatic heterocycles. The van der Waals surface area contributed by atoms with Crippen LogP contribution in [0.3, 0.4) is 0 Å². The molecule has 0 saturated heterocycles. The number of nitrogens with one attached hydrogen (secondary N) is 1. The van der Waals surface area contributed by atoms with E-state index in [4.69, 9.17) is 17.3 Å². The van der Waals surface area contributed by atoms with E-state index in [0.29, 0.717) is 17.3 Å². The fraction of sp³-hybridized carbons (Fsp3) is 0.286. The van der Waals surface area contributed by atoms with Gasteiger partial charge in [0.05, 0.1) is 11.7 Å². The summed E-state index contributed by atoms with van der Waals surface area (Å²) < 4.78 is 13.2. The summed E-state index contributed by atoms with van der Waals surface area (Å²) >= 11 is 6.31. The van der Waals surface area contributed by atoms with E-state index >= 15 is 0 Å². The lowest BCUT2D eigenvalue weighted by Crippen LogP contribution is -2.40. The first-order valence-electron chi connectivity index (χ1n) is 9.38. The summed E-state index contributed by atoms with van der Waals surface area (Å²) in [6.45, 7) is 0.298. The van der Waals surface area contributed by atoms with Gasteiger partial charge in [0.15, 0.2) is 0 Å². The number of halogens is 2. The van der Waals surface area contributed by atoms with Crippen molar-refractivity contribution >= 4 is 34.8 Å². The Morgan fingerprint density at radius 3 is 2.53 bits per heavy atom. The van der Waals surface area contributed by atoms with Crippen molar-refractivity contribution in [1.29, 1.82) is 0 Å². The van der Waals surface area contributed by atoms with E-state index in [-0.39, 0.29) is 18.2 Å². The molecular weight excluding hydrogens is 409 g/mol. The molecule has 2 atom stereocenters. The van der Waals surface area contributed by atoms with Crippen LogP contribution < -0.4 is 16.1 Å². The number of rotatable bonds is 7.